The Bertz CT molecular complexity index is 663. The summed E-state index contributed by atoms with van der Waals surface area (Å²) in [4.78, 5) is 12.3. The number of carbonyl (C=O) groups excluding carboxylic acids is 1. The van der Waals surface area contributed by atoms with Crippen molar-refractivity contribution in [2.24, 2.45) is 0 Å². The molecule has 2 heterocycles. The second-order valence-corrected chi connectivity index (χ2v) is 5.59. The second-order valence-electron chi connectivity index (χ2n) is 5.59. The van der Waals surface area contributed by atoms with E-state index in [1.165, 1.54) is 6.42 Å². The molecule has 2 aromatic rings. The number of nitrogens with one attached hydrogen (secondary N) is 1. The molecule has 1 aromatic heterocycles. The molecular weight excluding hydrogens is 294 g/mol. The van der Waals surface area contributed by atoms with Crippen LogP contribution in [0.15, 0.2) is 36.7 Å². The van der Waals surface area contributed by atoms with Gasteiger partial charge < -0.3 is 14.8 Å². The van der Waals surface area contributed by atoms with Crippen LogP contribution in [0.1, 0.15) is 29.6 Å². The highest BCUT2D eigenvalue weighted by atomic mass is 16.5. The van der Waals surface area contributed by atoms with Crippen LogP contribution in [0.5, 0.6) is 5.75 Å². The Morgan fingerprint density at radius 3 is 3.09 bits per heavy atom. The Kier molecular flexibility index (Phi) is 4.92. The highest BCUT2D eigenvalue weighted by Crippen LogP contribution is 2.19. The molecular formula is C17H21N3O3. The van der Waals surface area contributed by atoms with Crippen molar-refractivity contribution in [3.05, 3.63) is 42.2 Å². The first-order valence-electron chi connectivity index (χ1n) is 7.84. The van der Waals surface area contributed by atoms with Gasteiger partial charge in [-0.05, 0) is 31.4 Å². The van der Waals surface area contributed by atoms with E-state index >= 15 is 0 Å². The normalized spacial score (nSPS) is 17.7. The summed E-state index contributed by atoms with van der Waals surface area (Å²) in [5.74, 6) is 0.337. The van der Waals surface area contributed by atoms with E-state index in [1.54, 1.807) is 31.5 Å². The number of carbonyl (C=O) groups is 1. The molecule has 6 heteroatoms. The Morgan fingerprint density at radius 1 is 1.43 bits per heavy atom. The van der Waals surface area contributed by atoms with Gasteiger partial charge in [-0.15, -0.1) is 0 Å². The molecule has 1 N–H and O–H groups in total. The number of amides is 1. The van der Waals surface area contributed by atoms with Gasteiger partial charge in [0.1, 0.15) is 5.75 Å². The highest BCUT2D eigenvalue weighted by Gasteiger charge is 2.16. The van der Waals surface area contributed by atoms with Gasteiger partial charge in [-0.2, -0.15) is 5.10 Å². The molecule has 1 aliphatic rings. The number of anilines is 1. The SMILES string of the molecule is COc1ccccc1C(=O)Nc1cnn(CC2CCCCO2)c1. The van der Waals surface area contributed by atoms with Gasteiger partial charge in [0.25, 0.3) is 5.91 Å². The van der Waals surface area contributed by atoms with Crippen molar-refractivity contribution < 1.29 is 14.3 Å². The average Bonchev–Trinajstić information content (AvgIpc) is 3.02. The minimum Gasteiger partial charge on any atom is -0.496 e. The minimum absolute atomic E-state index is 0.210. The van der Waals surface area contributed by atoms with E-state index in [4.69, 9.17) is 9.47 Å². The summed E-state index contributed by atoms with van der Waals surface area (Å²) in [6.07, 6.45) is 7.07. The van der Waals surface area contributed by atoms with Gasteiger partial charge in [-0.3, -0.25) is 9.48 Å². The van der Waals surface area contributed by atoms with Gasteiger partial charge in [-0.1, -0.05) is 12.1 Å². The van der Waals surface area contributed by atoms with E-state index in [2.05, 4.69) is 10.4 Å². The topological polar surface area (TPSA) is 65.4 Å². The fourth-order valence-corrected chi connectivity index (χ4v) is 2.72. The van der Waals surface area contributed by atoms with Crippen LogP contribution in [-0.2, 0) is 11.3 Å². The van der Waals surface area contributed by atoms with Crippen molar-refractivity contribution in [1.82, 2.24) is 9.78 Å². The van der Waals surface area contributed by atoms with Crippen LogP contribution < -0.4 is 10.1 Å². The molecule has 1 atom stereocenters. The number of hydrogen-bond acceptors (Lipinski definition) is 4. The van der Waals surface area contributed by atoms with Crippen molar-refractivity contribution in [3.8, 4) is 5.75 Å². The predicted octanol–water partition coefficient (Wildman–Crippen LogP) is 2.71. The van der Waals surface area contributed by atoms with Gasteiger partial charge >= 0.3 is 0 Å². The third-order valence-electron chi connectivity index (χ3n) is 3.91. The Balaban J connectivity index is 1.63. The molecule has 3 rings (SSSR count). The quantitative estimate of drug-likeness (QED) is 0.921. The van der Waals surface area contributed by atoms with Crippen LogP contribution >= 0.6 is 0 Å². The fraction of sp³-hybridized carbons (Fsp3) is 0.412. The summed E-state index contributed by atoms with van der Waals surface area (Å²) >= 11 is 0. The van der Waals surface area contributed by atoms with Gasteiger partial charge in [-0.25, -0.2) is 0 Å². The predicted molar refractivity (Wildman–Crippen MR) is 86.8 cm³/mol. The molecule has 0 bridgehead atoms. The maximum Gasteiger partial charge on any atom is 0.259 e. The van der Waals surface area contributed by atoms with Gasteiger partial charge in [0.2, 0.25) is 0 Å². The number of methoxy groups -OCH3 is 1. The number of rotatable bonds is 5. The highest BCUT2D eigenvalue weighted by molar-refractivity contribution is 6.06. The second kappa shape index (κ2) is 7.28. The zero-order valence-electron chi connectivity index (χ0n) is 13.2. The fourth-order valence-electron chi connectivity index (χ4n) is 2.72. The van der Waals surface area contributed by atoms with Crippen LogP contribution in [0.2, 0.25) is 0 Å². The standard InChI is InChI=1S/C17H21N3O3/c1-22-16-8-3-2-7-15(16)17(21)19-13-10-18-20(11-13)12-14-6-4-5-9-23-14/h2-3,7-8,10-11,14H,4-6,9,12H2,1H3,(H,19,21). The molecule has 6 nitrogen and oxygen atoms in total. The first-order valence-corrected chi connectivity index (χ1v) is 7.84. The number of ether oxygens (including phenoxy) is 2. The molecule has 0 radical (unpaired) electrons. The van der Waals surface area contributed by atoms with E-state index in [9.17, 15) is 4.79 Å². The number of benzene rings is 1. The summed E-state index contributed by atoms with van der Waals surface area (Å²) in [5.41, 5.74) is 1.16. The maximum atomic E-state index is 12.3. The molecule has 23 heavy (non-hydrogen) atoms. The molecule has 1 unspecified atom stereocenters. The third kappa shape index (κ3) is 3.90. The molecule has 1 aliphatic heterocycles. The zero-order chi connectivity index (χ0) is 16.1. The summed E-state index contributed by atoms with van der Waals surface area (Å²) in [6, 6.07) is 7.13. The van der Waals surface area contributed by atoms with Gasteiger partial charge in [0, 0.05) is 12.8 Å². The van der Waals surface area contributed by atoms with Crippen molar-refractivity contribution in [2.45, 2.75) is 31.9 Å². The third-order valence-corrected chi connectivity index (χ3v) is 3.91. The molecule has 1 aromatic carbocycles. The summed E-state index contributed by atoms with van der Waals surface area (Å²) in [7, 11) is 1.55. The van der Waals surface area contributed by atoms with E-state index in [-0.39, 0.29) is 12.0 Å². The van der Waals surface area contributed by atoms with Crippen LogP contribution in [0.25, 0.3) is 0 Å². The summed E-state index contributed by atoms with van der Waals surface area (Å²) in [5, 5.41) is 7.14. The Hall–Kier alpha value is -2.34. The first-order chi connectivity index (χ1) is 11.3. The largest absolute Gasteiger partial charge is 0.496 e. The van der Waals surface area contributed by atoms with Crippen molar-refractivity contribution in [3.63, 3.8) is 0 Å². The number of aromatic nitrogens is 2. The molecule has 0 spiro atoms. The van der Waals surface area contributed by atoms with Crippen LogP contribution in [0.4, 0.5) is 5.69 Å². The van der Waals surface area contributed by atoms with Gasteiger partial charge in [0.15, 0.2) is 0 Å². The van der Waals surface area contributed by atoms with Crippen molar-refractivity contribution >= 4 is 11.6 Å². The molecule has 1 saturated heterocycles. The minimum atomic E-state index is -0.212. The smallest absolute Gasteiger partial charge is 0.259 e. The zero-order valence-corrected chi connectivity index (χ0v) is 13.2. The van der Waals surface area contributed by atoms with Crippen LogP contribution in [0, 0.1) is 0 Å². The lowest BCUT2D eigenvalue weighted by molar-refractivity contribution is 0.00401. The lowest BCUT2D eigenvalue weighted by Crippen LogP contribution is -2.24. The molecule has 0 aliphatic carbocycles. The number of para-hydroxylation sites is 1. The molecule has 0 saturated carbocycles. The van der Waals surface area contributed by atoms with Crippen molar-refractivity contribution in [1.29, 1.82) is 0 Å². The van der Waals surface area contributed by atoms with Crippen molar-refractivity contribution in [2.75, 3.05) is 19.0 Å². The monoisotopic (exact) mass is 315 g/mol. The lowest BCUT2D eigenvalue weighted by atomic mass is 10.1. The summed E-state index contributed by atoms with van der Waals surface area (Å²) < 4.78 is 12.7. The maximum absolute atomic E-state index is 12.3. The Labute approximate surface area is 135 Å². The van der Waals surface area contributed by atoms with Crippen LogP contribution in [-0.4, -0.2) is 35.5 Å². The number of hydrogen-bond donors (Lipinski definition) is 1. The van der Waals surface area contributed by atoms with E-state index in [1.807, 2.05) is 16.9 Å². The average molecular weight is 315 g/mol. The molecule has 122 valence electrons. The Morgan fingerprint density at radius 2 is 2.30 bits per heavy atom. The lowest BCUT2D eigenvalue weighted by Gasteiger charge is -2.22. The van der Waals surface area contributed by atoms with Gasteiger partial charge in [0.05, 0.1) is 37.2 Å². The summed E-state index contributed by atoms with van der Waals surface area (Å²) in [6.45, 7) is 1.54. The molecule has 1 fully saturated rings. The van der Waals surface area contributed by atoms with Crippen LogP contribution in [0.3, 0.4) is 0 Å². The van der Waals surface area contributed by atoms with E-state index in [0.717, 1.165) is 19.4 Å². The van der Waals surface area contributed by atoms with E-state index in [0.29, 0.717) is 23.5 Å². The van der Waals surface area contributed by atoms with E-state index < -0.39 is 0 Å². The molecule has 1 amide bonds. The first kappa shape index (κ1) is 15.6. The number of nitrogens with zero attached hydrogens (tertiary/aromatic N) is 2.